The molecule has 0 spiro atoms. The summed E-state index contributed by atoms with van der Waals surface area (Å²) in [5.74, 6) is -0.580. The van der Waals surface area contributed by atoms with Gasteiger partial charge in [0.15, 0.2) is 23.5 Å². The molecular weight excluding hydrogens is 430 g/mol. The van der Waals surface area contributed by atoms with E-state index in [-0.39, 0.29) is 30.4 Å². The number of anilines is 1. The van der Waals surface area contributed by atoms with E-state index in [1.54, 1.807) is 10.9 Å². The fourth-order valence-corrected chi connectivity index (χ4v) is 4.30. The molecule has 2 saturated heterocycles. The Labute approximate surface area is 192 Å². The standard InChI is InChI=1S/C21H33N7O5/c1-20(2,3)12(22)6-7-27(19(29)30)8-11-14-15(33-21(4,5)32-14)18(31-11)28-10-26-13-16(23)24-9-25-17(13)28/h9-12,14-15,18H,6-8,22H2,1-5H3,(H,29,30)(H2,23,24,25)/t11-,12?,14-,15-,18-/m1/s1. The summed E-state index contributed by atoms with van der Waals surface area (Å²) >= 11 is 0. The van der Waals surface area contributed by atoms with E-state index in [1.165, 1.54) is 11.2 Å². The van der Waals surface area contributed by atoms with Crippen molar-refractivity contribution in [3.63, 3.8) is 0 Å². The minimum Gasteiger partial charge on any atom is -0.465 e. The summed E-state index contributed by atoms with van der Waals surface area (Å²) in [6.45, 7) is 10.2. The number of nitrogen functional groups attached to an aromatic ring is 1. The van der Waals surface area contributed by atoms with Crippen LogP contribution in [0, 0.1) is 5.41 Å². The zero-order valence-corrected chi connectivity index (χ0v) is 19.6. The number of carbonyl (C=O) groups is 1. The Balaban J connectivity index is 1.57. The van der Waals surface area contributed by atoms with E-state index < -0.39 is 36.4 Å². The van der Waals surface area contributed by atoms with Gasteiger partial charge in [-0.15, -0.1) is 0 Å². The summed E-state index contributed by atoms with van der Waals surface area (Å²) < 4.78 is 20.3. The number of aromatic nitrogens is 4. The van der Waals surface area contributed by atoms with E-state index in [9.17, 15) is 9.90 Å². The van der Waals surface area contributed by atoms with Crippen LogP contribution >= 0.6 is 0 Å². The molecule has 2 aromatic rings. The predicted molar refractivity (Wildman–Crippen MR) is 119 cm³/mol. The quantitative estimate of drug-likeness (QED) is 0.572. The molecule has 2 aliphatic heterocycles. The SMILES string of the molecule is CC1(C)O[C@@H]2[C@H](O1)[C@@H](CN(CCC(N)C(C)(C)C)C(=O)O)O[C@H]2n1cnc2c(N)ncnc21. The maximum Gasteiger partial charge on any atom is 0.407 e. The molecule has 12 heteroatoms. The van der Waals surface area contributed by atoms with Crippen molar-refractivity contribution >= 4 is 23.1 Å². The molecule has 5 atom stereocenters. The number of imidazole rings is 1. The van der Waals surface area contributed by atoms with Gasteiger partial charge < -0.3 is 35.7 Å². The Morgan fingerprint density at radius 3 is 2.64 bits per heavy atom. The zero-order chi connectivity index (χ0) is 24.1. The number of amides is 1. The molecule has 0 aliphatic carbocycles. The average Bonchev–Trinajstić information content (AvgIpc) is 3.36. The summed E-state index contributed by atoms with van der Waals surface area (Å²) in [5, 5.41) is 9.83. The second-order valence-electron chi connectivity index (χ2n) is 10.2. The Morgan fingerprint density at radius 1 is 1.27 bits per heavy atom. The lowest BCUT2D eigenvalue weighted by molar-refractivity contribution is -0.197. The summed E-state index contributed by atoms with van der Waals surface area (Å²) in [7, 11) is 0. The number of fused-ring (bicyclic) bond motifs is 2. The van der Waals surface area contributed by atoms with Crippen LogP contribution < -0.4 is 11.5 Å². The minimum absolute atomic E-state index is 0.118. The summed E-state index contributed by atoms with van der Waals surface area (Å²) in [5.41, 5.74) is 13.0. The Hall–Kier alpha value is -2.54. The Morgan fingerprint density at radius 2 is 1.97 bits per heavy atom. The third-order valence-corrected chi connectivity index (χ3v) is 6.28. The molecule has 0 saturated carbocycles. The van der Waals surface area contributed by atoms with Crippen LogP contribution in [-0.2, 0) is 14.2 Å². The molecule has 0 bridgehead atoms. The highest BCUT2D eigenvalue weighted by molar-refractivity contribution is 5.81. The number of hydrogen-bond donors (Lipinski definition) is 3. The van der Waals surface area contributed by atoms with Gasteiger partial charge in [-0.1, -0.05) is 20.8 Å². The number of carboxylic acid groups (broad SMARTS) is 1. The molecule has 2 aromatic heterocycles. The van der Waals surface area contributed by atoms with E-state index in [0.717, 1.165) is 0 Å². The Bertz CT molecular complexity index is 1020. The fraction of sp³-hybridized carbons (Fsp3) is 0.714. The molecule has 12 nitrogen and oxygen atoms in total. The highest BCUT2D eigenvalue weighted by atomic mass is 16.8. The van der Waals surface area contributed by atoms with E-state index >= 15 is 0 Å². The lowest BCUT2D eigenvalue weighted by Crippen LogP contribution is -2.45. The fourth-order valence-electron chi connectivity index (χ4n) is 4.30. The first-order chi connectivity index (χ1) is 15.4. The molecule has 0 aromatic carbocycles. The minimum atomic E-state index is -1.04. The first kappa shape index (κ1) is 23.6. The number of nitrogens with zero attached hydrogens (tertiary/aromatic N) is 5. The van der Waals surface area contributed by atoms with Crippen molar-refractivity contribution in [2.75, 3.05) is 18.8 Å². The number of nitrogens with two attached hydrogens (primary N) is 2. The van der Waals surface area contributed by atoms with Crippen molar-refractivity contribution < 1.29 is 24.1 Å². The van der Waals surface area contributed by atoms with Gasteiger partial charge in [0.1, 0.15) is 30.2 Å². The van der Waals surface area contributed by atoms with Gasteiger partial charge in [0.05, 0.1) is 12.9 Å². The first-order valence-electron chi connectivity index (χ1n) is 11.0. The van der Waals surface area contributed by atoms with Gasteiger partial charge in [-0.2, -0.15) is 0 Å². The molecule has 0 radical (unpaired) electrons. The second kappa shape index (κ2) is 8.35. The third-order valence-electron chi connectivity index (χ3n) is 6.28. The van der Waals surface area contributed by atoms with Crippen molar-refractivity contribution in [1.29, 1.82) is 0 Å². The number of rotatable bonds is 6. The normalized spacial score (nSPS) is 27.6. The smallest absolute Gasteiger partial charge is 0.407 e. The van der Waals surface area contributed by atoms with Crippen LogP contribution in [0.4, 0.5) is 10.6 Å². The van der Waals surface area contributed by atoms with Crippen molar-refractivity contribution in [3.8, 4) is 0 Å². The predicted octanol–water partition coefficient (Wildman–Crippen LogP) is 1.57. The van der Waals surface area contributed by atoms with Crippen LogP contribution in [0.5, 0.6) is 0 Å². The summed E-state index contributed by atoms with van der Waals surface area (Å²) in [4.78, 5) is 25.9. The van der Waals surface area contributed by atoms with Crippen molar-refractivity contribution in [3.05, 3.63) is 12.7 Å². The third kappa shape index (κ3) is 4.60. The van der Waals surface area contributed by atoms with Gasteiger partial charge in [0, 0.05) is 12.6 Å². The molecule has 2 aliphatic rings. The Kier molecular flexibility index (Phi) is 5.97. The molecular formula is C21H33N7O5. The van der Waals surface area contributed by atoms with Gasteiger partial charge in [-0.3, -0.25) is 4.57 Å². The van der Waals surface area contributed by atoms with Crippen LogP contribution in [-0.4, -0.2) is 78.8 Å². The molecule has 33 heavy (non-hydrogen) atoms. The summed E-state index contributed by atoms with van der Waals surface area (Å²) in [6.07, 6.45) is 0.309. The topological polar surface area (TPSA) is 164 Å². The molecule has 2 fully saturated rings. The van der Waals surface area contributed by atoms with E-state index in [4.69, 9.17) is 25.7 Å². The van der Waals surface area contributed by atoms with Crippen molar-refractivity contribution in [2.45, 2.75) is 77.4 Å². The van der Waals surface area contributed by atoms with Gasteiger partial charge in [0.2, 0.25) is 0 Å². The lowest BCUT2D eigenvalue weighted by Gasteiger charge is -2.31. The van der Waals surface area contributed by atoms with Crippen LogP contribution in [0.25, 0.3) is 11.2 Å². The monoisotopic (exact) mass is 463 g/mol. The lowest BCUT2D eigenvalue weighted by atomic mass is 9.85. The highest BCUT2D eigenvalue weighted by Crippen LogP contribution is 2.44. The van der Waals surface area contributed by atoms with Crippen LogP contribution in [0.15, 0.2) is 12.7 Å². The number of ether oxygens (including phenoxy) is 3. The molecule has 4 heterocycles. The molecule has 1 unspecified atom stereocenters. The van der Waals surface area contributed by atoms with Crippen molar-refractivity contribution in [2.24, 2.45) is 11.1 Å². The highest BCUT2D eigenvalue weighted by Gasteiger charge is 2.56. The van der Waals surface area contributed by atoms with E-state index in [0.29, 0.717) is 17.6 Å². The maximum absolute atomic E-state index is 12.0. The first-order valence-corrected chi connectivity index (χ1v) is 11.0. The summed E-state index contributed by atoms with van der Waals surface area (Å²) in [6, 6.07) is -0.142. The number of hydrogen-bond acceptors (Lipinski definition) is 9. The van der Waals surface area contributed by atoms with Gasteiger partial charge >= 0.3 is 6.09 Å². The van der Waals surface area contributed by atoms with Gasteiger partial charge in [-0.25, -0.2) is 19.7 Å². The average molecular weight is 464 g/mol. The van der Waals surface area contributed by atoms with Crippen LogP contribution in [0.2, 0.25) is 0 Å². The van der Waals surface area contributed by atoms with Crippen LogP contribution in [0.3, 0.4) is 0 Å². The second-order valence-corrected chi connectivity index (χ2v) is 10.2. The maximum atomic E-state index is 12.0. The van der Waals surface area contributed by atoms with Crippen molar-refractivity contribution in [1.82, 2.24) is 24.4 Å². The van der Waals surface area contributed by atoms with E-state index in [1.807, 2.05) is 34.6 Å². The molecule has 5 N–H and O–H groups in total. The van der Waals surface area contributed by atoms with Crippen LogP contribution in [0.1, 0.15) is 47.3 Å². The molecule has 1 amide bonds. The van der Waals surface area contributed by atoms with E-state index in [2.05, 4.69) is 15.0 Å². The van der Waals surface area contributed by atoms with Gasteiger partial charge in [-0.05, 0) is 25.7 Å². The zero-order valence-electron chi connectivity index (χ0n) is 19.6. The molecule has 4 rings (SSSR count). The van der Waals surface area contributed by atoms with Gasteiger partial charge in [0.25, 0.3) is 0 Å². The molecule has 182 valence electrons. The largest absolute Gasteiger partial charge is 0.465 e.